The van der Waals surface area contributed by atoms with Crippen LogP contribution in [-0.4, -0.2) is 34.3 Å². The first kappa shape index (κ1) is 12.9. The van der Waals surface area contributed by atoms with Gasteiger partial charge in [-0.15, -0.1) is 0 Å². The molecule has 1 fully saturated rings. The van der Waals surface area contributed by atoms with Crippen molar-refractivity contribution in [1.82, 2.24) is 9.88 Å². The van der Waals surface area contributed by atoms with Crippen molar-refractivity contribution in [1.29, 1.82) is 0 Å². The zero-order valence-electron chi connectivity index (χ0n) is 11.0. The number of amides is 1. The molecule has 0 radical (unpaired) electrons. The standard InChI is InChI=1S/C15H17N3O2/c19-13-9-14(16-10-13)15(20)17-11-4-3-5-12(8-11)18-6-1-2-7-18/h1-8,13-14,16,19H,9-10H2,(H,17,20). The van der Waals surface area contributed by atoms with Crippen molar-refractivity contribution in [3.8, 4) is 5.69 Å². The first-order valence-corrected chi connectivity index (χ1v) is 6.68. The summed E-state index contributed by atoms with van der Waals surface area (Å²) in [7, 11) is 0. The van der Waals surface area contributed by atoms with Crippen molar-refractivity contribution in [2.75, 3.05) is 11.9 Å². The summed E-state index contributed by atoms with van der Waals surface area (Å²) in [5, 5.41) is 15.3. The monoisotopic (exact) mass is 271 g/mol. The predicted octanol–water partition coefficient (Wildman–Crippen LogP) is 1.14. The highest BCUT2D eigenvalue weighted by Gasteiger charge is 2.27. The number of carbonyl (C=O) groups is 1. The summed E-state index contributed by atoms with van der Waals surface area (Å²) in [6, 6.07) is 11.2. The molecule has 1 aromatic carbocycles. The Labute approximate surface area is 117 Å². The number of hydrogen-bond donors (Lipinski definition) is 3. The fourth-order valence-corrected chi connectivity index (χ4v) is 2.40. The molecule has 3 rings (SSSR count). The number of rotatable bonds is 3. The van der Waals surface area contributed by atoms with Crippen LogP contribution in [0.2, 0.25) is 0 Å². The normalized spacial score (nSPS) is 21.9. The Morgan fingerprint density at radius 2 is 2.10 bits per heavy atom. The van der Waals surface area contributed by atoms with Gasteiger partial charge in [-0.25, -0.2) is 0 Å². The Morgan fingerprint density at radius 1 is 1.30 bits per heavy atom. The molecule has 2 aromatic rings. The quantitative estimate of drug-likeness (QED) is 0.784. The van der Waals surface area contributed by atoms with Gasteiger partial charge in [0.2, 0.25) is 5.91 Å². The summed E-state index contributed by atoms with van der Waals surface area (Å²) < 4.78 is 1.98. The Morgan fingerprint density at radius 3 is 2.80 bits per heavy atom. The van der Waals surface area contributed by atoms with E-state index >= 15 is 0 Å². The molecule has 1 saturated heterocycles. The third kappa shape index (κ3) is 2.74. The van der Waals surface area contributed by atoms with Crippen molar-refractivity contribution in [3.05, 3.63) is 48.8 Å². The largest absolute Gasteiger partial charge is 0.392 e. The van der Waals surface area contributed by atoms with E-state index in [-0.39, 0.29) is 11.9 Å². The number of hydrogen-bond acceptors (Lipinski definition) is 3. The molecule has 1 aliphatic heterocycles. The van der Waals surface area contributed by atoms with E-state index in [2.05, 4.69) is 10.6 Å². The van der Waals surface area contributed by atoms with Crippen LogP contribution in [0, 0.1) is 0 Å². The summed E-state index contributed by atoms with van der Waals surface area (Å²) in [6.07, 6.45) is 3.94. The summed E-state index contributed by atoms with van der Waals surface area (Å²) >= 11 is 0. The SMILES string of the molecule is O=C(Nc1cccc(-n2cccc2)c1)C1CC(O)CN1. The molecule has 2 heterocycles. The molecule has 0 spiro atoms. The number of aliphatic hydroxyl groups is 1. The number of benzene rings is 1. The van der Waals surface area contributed by atoms with Crippen LogP contribution in [0.4, 0.5) is 5.69 Å². The molecular formula is C15H17N3O2. The summed E-state index contributed by atoms with van der Waals surface area (Å²) in [6.45, 7) is 0.474. The molecule has 3 N–H and O–H groups in total. The molecule has 0 saturated carbocycles. The zero-order chi connectivity index (χ0) is 13.9. The molecular weight excluding hydrogens is 254 g/mol. The molecule has 1 aliphatic rings. The van der Waals surface area contributed by atoms with E-state index in [0.29, 0.717) is 13.0 Å². The van der Waals surface area contributed by atoms with Gasteiger partial charge >= 0.3 is 0 Å². The van der Waals surface area contributed by atoms with Gasteiger partial charge in [-0.05, 0) is 36.8 Å². The maximum atomic E-state index is 12.1. The van der Waals surface area contributed by atoms with Gasteiger partial charge in [0.1, 0.15) is 0 Å². The second-order valence-corrected chi connectivity index (χ2v) is 4.98. The van der Waals surface area contributed by atoms with E-state index in [0.717, 1.165) is 11.4 Å². The van der Waals surface area contributed by atoms with E-state index in [1.165, 1.54) is 0 Å². The highest BCUT2D eigenvalue weighted by atomic mass is 16.3. The first-order chi connectivity index (χ1) is 9.72. The summed E-state index contributed by atoms with van der Waals surface area (Å²) in [5.41, 5.74) is 1.75. The molecule has 2 atom stereocenters. The first-order valence-electron chi connectivity index (χ1n) is 6.68. The number of aromatic nitrogens is 1. The van der Waals surface area contributed by atoms with Crippen molar-refractivity contribution in [2.24, 2.45) is 0 Å². The smallest absolute Gasteiger partial charge is 0.241 e. The van der Waals surface area contributed by atoms with Crippen molar-refractivity contribution >= 4 is 11.6 Å². The Hall–Kier alpha value is -2.11. The fourth-order valence-electron chi connectivity index (χ4n) is 2.40. The van der Waals surface area contributed by atoms with Crippen LogP contribution >= 0.6 is 0 Å². The van der Waals surface area contributed by atoms with Crippen LogP contribution in [-0.2, 0) is 4.79 Å². The minimum atomic E-state index is -0.433. The molecule has 0 aliphatic carbocycles. The lowest BCUT2D eigenvalue weighted by Gasteiger charge is -2.12. The van der Waals surface area contributed by atoms with Gasteiger partial charge in [0, 0.05) is 30.3 Å². The number of nitrogens with zero attached hydrogens (tertiary/aromatic N) is 1. The molecule has 1 amide bonds. The fraction of sp³-hybridized carbons (Fsp3) is 0.267. The Bertz CT molecular complexity index is 595. The summed E-state index contributed by atoms with van der Waals surface area (Å²) in [5.74, 6) is -0.105. The van der Waals surface area contributed by atoms with E-state index in [1.807, 2.05) is 53.4 Å². The number of anilines is 1. The molecule has 0 bridgehead atoms. The van der Waals surface area contributed by atoms with E-state index in [4.69, 9.17) is 0 Å². The molecule has 104 valence electrons. The van der Waals surface area contributed by atoms with Crippen molar-refractivity contribution < 1.29 is 9.90 Å². The highest BCUT2D eigenvalue weighted by molar-refractivity contribution is 5.95. The number of nitrogens with one attached hydrogen (secondary N) is 2. The maximum Gasteiger partial charge on any atom is 0.241 e. The van der Waals surface area contributed by atoms with Gasteiger partial charge in [0.25, 0.3) is 0 Å². The molecule has 5 heteroatoms. The topological polar surface area (TPSA) is 66.3 Å². The lowest BCUT2D eigenvalue weighted by Crippen LogP contribution is -2.35. The second-order valence-electron chi connectivity index (χ2n) is 4.98. The number of carbonyl (C=O) groups excluding carboxylic acids is 1. The van der Waals surface area contributed by atoms with Gasteiger partial charge < -0.3 is 20.3 Å². The van der Waals surface area contributed by atoms with Crippen LogP contribution in [0.5, 0.6) is 0 Å². The molecule has 1 aromatic heterocycles. The van der Waals surface area contributed by atoms with Crippen LogP contribution < -0.4 is 10.6 Å². The number of aliphatic hydroxyl groups excluding tert-OH is 1. The van der Waals surface area contributed by atoms with E-state index in [9.17, 15) is 9.90 Å². The van der Waals surface area contributed by atoms with Gasteiger partial charge in [0.05, 0.1) is 12.1 Å². The minimum Gasteiger partial charge on any atom is -0.392 e. The molecule has 2 unspecified atom stereocenters. The highest BCUT2D eigenvalue weighted by Crippen LogP contribution is 2.16. The lowest BCUT2D eigenvalue weighted by molar-refractivity contribution is -0.117. The van der Waals surface area contributed by atoms with Gasteiger partial charge in [-0.3, -0.25) is 4.79 Å². The van der Waals surface area contributed by atoms with Crippen molar-refractivity contribution in [2.45, 2.75) is 18.6 Å². The Balaban J connectivity index is 1.71. The van der Waals surface area contributed by atoms with Crippen LogP contribution in [0.15, 0.2) is 48.8 Å². The predicted molar refractivity (Wildman–Crippen MR) is 76.8 cm³/mol. The van der Waals surface area contributed by atoms with E-state index < -0.39 is 6.10 Å². The molecule has 5 nitrogen and oxygen atoms in total. The van der Waals surface area contributed by atoms with Crippen LogP contribution in [0.3, 0.4) is 0 Å². The minimum absolute atomic E-state index is 0.105. The lowest BCUT2D eigenvalue weighted by atomic mass is 10.2. The van der Waals surface area contributed by atoms with Crippen LogP contribution in [0.1, 0.15) is 6.42 Å². The van der Waals surface area contributed by atoms with E-state index in [1.54, 1.807) is 0 Å². The van der Waals surface area contributed by atoms with Crippen LogP contribution in [0.25, 0.3) is 5.69 Å². The zero-order valence-corrected chi connectivity index (χ0v) is 11.0. The van der Waals surface area contributed by atoms with Gasteiger partial charge in [0.15, 0.2) is 0 Å². The third-order valence-electron chi connectivity index (χ3n) is 3.44. The number of β-amino-alcohol motifs (C(OH)–C–C–N with tert-alkyl or cyclic N) is 1. The van der Waals surface area contributed by atoms with Gasteiger partial charge in [-0.1, -0.05) is 6.07 Å². The average molecular weight is 271 g/mol. The van der Waals surface area contributed by atoms with Crippen molar-refractivity contribution in [3.63, 3.8) is 0 Å². The average Bonchev–Trinajstić information content (AvgIpc) is 3.10. The molecule has 20 heavy (non-hydrogen) atoms. The summed E-state index contributed by atoms with van der Waals surface area (Å²) in [4.78, 5) is 12.1. The maximum absolute atomic E-state index is 12.1. The Kier molecular flexibility index (Phi) is 3.54. The van der Waals surface area contributed by atoms with Gasteiger partial charge in [-0.2, -0.15) is 0 Å². The third-order valence-corrected chi connectivity index (χ3v) is 3.44. The second kappa shape index (κ2) is 5.48.